The van der Waals surface area contributed by atoms with E-state index < -0.39 is 6.10 Å². The van der Waals surface area contributed by atoms with Crippen molar-refractivity contribution in [2.75, 3.05) is 11.9 Å². The van der Waals surface area contributed by atoms with Crippen molar-refractivity contribution in [1.82, 2.24) is 0 Å². The van der Waals surface area contributed by atoms with Crippen LogP contribution in [0.3, 0.4) is 0 Å². The Balaban J connectivity index is 2.48. The molecule has 0 unspecified atom stereocenters. The van der Waals surface area contributed by atoms with Crippen molar-refractivity contribution in [3.8, 4) is 0 Å². The fourth-order valence-electron chi connectivity index (χ4n) is 0.833. The van der Waals surface area contributed by atoms with Gasteiger partial charge in [-0.2, -0.15) is 0 Å². The van der Waals surface area contributed by atoms with E-state index in [0.29, 0.717) is 6.54 Å². The minimum absolute atomic E-state index is 0.252. The maximum atomic E-state index is 12.4. The number of aliphatic hydroxyl groups excluding tert-OH is 1. The third-order valence-electron chi connectivity index (χ3n) is 1.45. The lowest BCUT2D eigenvalue weighted by Gasteiger charge is -2.07. The third kappa shape index (κ3) is 2.88. The Kier molecular flexibility index (Phi) is 3.05. The molecule has 0 aliphatic carbocycles. The number of aliphatic hydroxyl groups is 1. The summed E-state index contributed by atoms with van der Waals surface area (Å²) in [6.07, 6.45) is -0.393. The summed E-state index contributed by atoms with van der Waals surface area (Å²) in [5, 5.41) is 11.9. The van der Waals surface area contributed by atoms with Crippen molar-refractivity contribution in [3.63, 3.8) is 0 Å². The second kappa shape index (κ2) is 4.07. The number of rotatable bonds is 3. The molecule has 1 aromatic carbocycles. The Labute approximate surface area is 71.0 Å². The van der Waals surface area contributed by atoms with E-state index in [9.17, 15) is 4.39 Å². The lowest BCUT2D eigenvalue weighted by atomic mass is 10.3. The summed E-state index contributed by atoms with van der Waals surface area (Å²) in [7, 11) is 0. The van der Waals surface area contributed by atoms with Gasteiger partial charge in [-0.15, -0.1) is 0 Å². The van der Waals surface area contributed by atoms with Gasteiger partial charge < -0.3 is 10.4 Å². The molecule has 0 aromatic heterocycles. The first-order chi connectivity index (χ1) is 5.68. The number of nitrogens with one attached hydrogen (secondary N) is 1. The normalized spacial score (nSPS) is 12.6. The fraction of sp³-hybridized carbons (Fsp3) is 0.333. The summed E-state index contributed by atoms with van der Waals surface area (Å²) in [6.45, 7) is 2.17. The molecule has 12 heavy (non-hydrogen) atoms. The van der Waals surface area contributed by atoms with E-state index in [1.807, 2.05) is 0 Å². The summed E-state index contributed by atoms with van der Waals surface area (Å²) in [5.41, 5.74) is 0.817. The monoisotopic (exact) mass is 169 g/mol. The molecule has 0 amide bonds. The van der Waals surface area contributed by atoms with Crippen molar-refractivity contribution >= 4 is 5.69 Å². The maximum absolute atomic E-state index is 12.4. The van der Waals surface area contributed by atoms with Crippen LogP contribution in [0.15, 0.2) is 24.3 Å². The van der Waals surface area contributed by atoms with Gasteiger partial charge in [0.15, 0.2) is 0 Å². The Morgan fingerprint density at radius 3 is 2.50 bits per heavy atom. The quantitative estimate of drug-likeness (QED) is 0.720. The topological polar surface area (TPSA) is 32.3 Å². The zero-order chi connectivity index (χ0) is 8.97. The van der Waals surface area contributed by atoms with Gasteiger partial charge in [-0.3, -0.25) is 0 Å². The lowest BCUT2D eigenvalue weighted by Crippen LogP contribution is -2.15. The van der Waals surface area contributed by atoms with Crippen LogP contribution in [-0.4, -0.2) is 17.8 Å². The van der Waals surface area contributed by atoms with Gasteiger partial charge in [0.05, 0.1) is 6.10 Å². The molecule has 1 rings (SSSR count). The van der Waals surface area contributed by atoms with Gasteiger partial charge >= 0.3 is 0 Å². The summed E-state index contributed by atoms with van der Waals surface area (Å²) in [5.74, 6) is -0.252. The van der Waals surface area contributed by atoms with E-state index in [2.05, 4.69) is 5.32 Å². The molecule has 0 spiro atoms. The van der Waals surface area contributed by atoms with Gasteiger partial charge in [0.2, 0.25) is 0 Å². The number of hydrogen-bond donors (Lipinski definition) is 2. The van der Waals surface area contributed by atoms with E-state index in [1.165, 1.54) is 12.1 Å². The molecule has 0 heterocycles. The predicted molar refractivity (Wildman–Crippen MR) is 46.6 cm³/mol. The van der Waals surface area contributed by atoms with Crippen LogP contribution in [0.1, 0.15) is 6.92 Å². The van der Waals surface area contributed by atoms with E-state index in [-0.39, 0.29) is 5.82 Å². The van der Waals surface area contributed by atoms with Crippen molar-refractivity contribution in [2.24, 2.45) is 0 Å². The van der Waals surface area contributed by atoms with Crippen LogP contribution in [0.2, 0.25) is 0 Å². The Bertz CT molecular complexity index is 233. The molecule has 0 aliphatic heterocycles. The highest BCUT2D eigenvalue weighted by Crippen LogP contribution is 2.07. The van der Waals surface area contributed by atoms with Gasteiger partial charge in [0.25, 0.3) is 0 Å². The minimum atomic E-state index is -0.393. The SMILES string of the molecule is C[C@H](O)CNc1ccc(F)cc1. The highest BCUT2D eigenvalue weighted by atomic mass is 19.1. The van der Waals surface area contributed by atoms with Gasteiger partial charge in [0.1, 0.15) is 5.82 Å². The van der Waals surface area contributed by atoms with E-state index in [0.717, 1.165) is 5.69 Å². The smallest absolute Gasteiger partial charge is 0.123 e. The van der Waals surface area contributed by atoms with Crippen LogP contribution >= 0.6 is 0 Å². The molecule has 3 heteroatoms. The van der Waals surface area contributed by atoms with Gasteiger partial charge in [0, 0.05) is 12.2 Å². The molecule has 1 aromatic rings. The largest absolute Gasteiger partial charge is 0.392 e. The maximum Gasteiger partial charge on any atom is 0.123 e. The van der Waals surface area contributed by atoms with Crippen LogP contribution in [0.25, 0.3) is 0 Å². The van der Waals surface area contributed by atoms with Crippen LogP contribution in [0.4, 0.5) is 10.1 Å². The molecule has 0 fully saturated rings. The highest BCUT2D eigenvalue weighted by molar-refractivity contribution is 5.42. The van der Waals surface area contributed by atoms with Gasteiger partial charge in [-0.25, -0.2) is 4.39 Å². The molecule has 0 bridgehead atoms. The molecule has 2 N–H and O–H groups in total. The average molecular weight is 169 g/mol. The molecule has 0 radical (unpaired) electrons. The molecular formula is C9H12FNO. The van der Waals surface area contributed by atoms with Gasteiger partial charge in [-0.05, 0) is 31.2 Å². The van der Waals surface area contributed by atoms with Crippen LogP contribution in [0, 0.1) is 5.82 Å². The zero-order valence-corrected chi connectivity index (χ0v) is 6.92. The molecule has 1 atom stereocenters. The summed E-state index contributed by atoms with van der Waals surface area (Å²) < 4.78 is 12.4. The Morgan fingerprint density at radius 2 is 2.00 bits per heavy atom. The summed E-state index contributed by atoms with van der Waals surface area (Å²) in [6, 6.07) is 6.03. The van der Waals surface area contributed by atoms with Gasteiger partial charge in [-0.1, -0.05) is 0 Å². The molecule has 0 aliphatic rings. The molecular weight excluding hydrogens is 157 g/mol. The van der Waals surface area contributed by atoms with Crippen molar-refractivity contribution in [1.29, 1.82) is 0 Å². The van der Waals surface area contributed by atoms with E-state index in [4.69, 9.17) is 5.11 Å². The molecule has 0 saturated carbocycles. The molecule has 2 nitrogen and oxygen atoms in total. The zero-order valence-electron chi connectivity index (χ0n) is 6.92. The minimum Gasteiger partial charge on any atom is -0.392 e. The van der Waals surface area contributed by atoms with E-state index in [1.54, 1.807) is 19.1 Å². The second-order valence-electron chi connectivity index (χ2n) is 2.74. The fourth-order valence-corrected chi connectivity index (χ4v) is 0.833. The van der Waals surface area contributed by atoms with Crippen LogP contribution in [-0.2, 0) is 0 Å². The first-order valence-electron chi connectivity index (χ1n) is 3.86. The summed E-state index contributed by atoms with van der Waals surface area (Å²) in [4.78, 5) is 0. The number of hydrogen-bond acceptors (Lipinski definition) is 2. The first kappa shape index (κ1) is 9.00. The van der Waals surface area contributed by atoms with Crippen molar-refractivity contribution in [2.45, 2.75) is 13.0 Å². The summed E-state index contributed by atoms with van der Waals surface area (Å²) >= 11 is 0. The standard InChI is InChI=1S/C9H12FNO/c1-7(12)6-11-9-4-2-8(10)3-5-9/h2-5,7,11-12H,6H2,1H3/t7-/m0/s1. The molecule has 0 saturated heterocycles. The Morgan fingerprint density at radius 1 is 1.42 bits per heavy atom. The molecule has 66 valence electrons. The van der Waals surface area contributed by atoms with Crippen LogP contribution in [0.5, 0.6) is 0 Å². The highest BCUT2D eigenvalue weighted by Gasteiger charge is 1.95. The predicted octanol–water partition coefficient (Wildman–Crippen LogP) is 1.62. The number of benzene rings is 1. The number of halogens is 1. The second-order valence-corrected chi connectivity index (χ2v) is 2.74. The average Bonchev–Trinajstić information content (AvgIpc) is 2.03. The lowest BCUT2D eigenvalue weighted by molar-refractivity contribution is 0.208. The first-order valence-corrected chi connectivity index (χ1v) is 3.86. The van der Waals surface area contributed by atoms with Crippen molar-refractivity contribution in [3.05, 3.63) is 30.1 Å². The third-order valence-corrected chi connectivity index (χ3v) is 1.45. The Hall–Kier alpha value is -1.09. The van der Waals surface area contributed by atoms with Crippen molar-refractivity contribution < 1.29 is 9.50 Å². The van der Waals surface area contributed by atoms with E-state index >= 15 is 0 Å². The number of anilines is 1. The van der Waals surface area contributed by atoms with Crippen LogP contribution < -0.4 is 5.32 Å².